The Morgan fingerprint density at radius 2 is 2.10 bits per heavy atom. The Bertz CT molecular complexity index is 104. The van der Waals surface area contributed by atoms with Crippen molar-refractivity contribution >= 4 is 0 Å². The van der Waals surface area contributed by atoms with Crippen molar-refractivity contribution in [2.75, 3.05) is 26.3 Å². The molecule has 58 valence electrons. The Hall–Kier alpha value is -0.0800. The second-order valence-electron chi connectivity index (χ2n) is 3.23. The summed E-state index contributed by atoms with van der Waals surface area (Å²) >= 11 is 0. The van der Waals surface area contributed by atoms with Crippen LogP contribution in [0.1, 0.15) is 19.3 Å². The summed E-state index contributed by atoms with van der Waals surface area (Å²) in [5, 5.41) is 0. The van der Waals surface area contributed by atoms with Crippen molar-refractivity contribution in [3.63, 3.8) is 0 Å². The first kappa shape index (κ1) is 6.62. The van der Waals surface area contributed by atoms with Gasteiger partial charge >= 0.3 is 0 Å². The molecule has 2 aliphatic heterocycles. The lowest BCUT2D eigenvalue weighted by molar-refractivity contribution is 0.142. The van der Waals surface area contributed by atoms with Crippen LogP contribution in [0, 0.1) is 0 Å². The summed E-state index contributed by atoms with van der Waals surface area (Å²) in [6.45, 7) is 4.43. The zero-order valence-electron chi connectivity index (χ0n) is 6.38. The van der Waals surface area contributed by atoms with E-state index in [0.29, 0.717) is 0 Å². The van der Waals surface area contributed by atoms with Gasteiger partial charge in [-0.2, -0.15) is 0 Å². The first-order valence-electron chi connectivity index (χ1n) is 4.28. The van der Waals surface area contributed by atoms with Gasteiger partial charge in [-0.05, 0) is 25.8 Å². The third-order valence-electron chi connectivity index (χ3n) is 2.62. The average molecular weight is 141 g/mol. The monoisotopic (exact) mass is 141 g/mol. The molecule has 2 heterocycles. The van der Waals surface area contributed by atoms with E-state index in [-0.39, 0.29) is 0 Å². The van der Waals surface area contributed by atoms with Gasteiger partial charge < -0.3 is 4.74 Å². The van der Waals surface area contributed by atoms with E-state index in [1.54, 1.807) is 0 Å². The Balaban J connectivity index is 1.95. The van der Waals surface area contributed by atoms with E-state index in [2.05, 4.69) is 4.90 Å². The molecule has 0 aromatic carbocycles. The molecule has 1 atom stereocenters. The van der Waals surface area contributed by atoms with Crippen LogP contribution in [0.3, 0.4) is 0 Å². The number of fused-ring (bicyclic) bond motifs is 1. The van der Waals surface area contributed by atoms with Gasteiger partial charge in [0.2, 0.25) is 0 Å². The minimum absolute atomic E-state index is 0.863. The fraction of sp³-hybridized carbons (Fsp3) is 1.00. The van der Waals surface area contributed by atoms with Crippen molar-refractivity contribution in [3.05, 3.63) is 0 Å². The predicted molar refractivity (Wildman–Crippen MR) is 40.0 cm³/mol. The van der Waals surface area contributed by atoms with Crippen LogP contribution < -0.4 is 0 Å². The highest BCUT2D eigenvalue weighted by molar-refractivity contribution is 4.80. The Morgan fingerprint density at radius 1 is 1.10 bits per heavy atom. The molecule has 0 N–H and O–H groups in total. The van der Waals surface area contributed by atoms with Crippen LogP contribution in [0.4, 0.5) is 0 Å². The maximum Gasteiger partial charge on any atom is 0.0593 e. The molecular weight excluding hydrogens is 126 g/mol. The first-order valence-corrected chi connectivity index (χ1v) is 4.28. The normalized spacial score (nSPS) is 35.4. The summed E-state index contributed by atoms with van der Waals surface area (Å²) < 4.78 is 5.39. The smallest absolute Gasteiger partial charge is 0.0593 e. The molecule has 1 unspecified atom stereocenters. The molecule has 0 aromatic rings. The summed E-state index contributed by atoms with van der Waals surface area (Å²) in [5.41, 5.74) is 0. The largest absolute Gasteiger partial charge is 0.380 e. The van der Waals surface area contributed by atoms with E-state index in [1.807, 2.05) is 0 Å². The van der Waals surface area contributed by atoms with Crippen LogP contribution in [-0.2, 0) is 4.74 Å². The van der Waals surface area contributed by atoms with Crippen LogP contribution in [0.25, 0.3) is 0 Å². The maximum atomic E-state index is 5.39. The molecule has 2 rings (SSSR count). The molecule has 0 aromatic heterocycles. The number of hydrogen-bond acceptors (Lipinski definition) is 2. The van der Waals surface area contributed by atoms with Gasteiger partial charge in [0.05, 0.1) is 6.61 Å². The topological polar surface area (TPSA) is 12.5 Å². The molecule has 10 heavy (non-hydrogen) atoms. The van der Waals surface area contributed by atoms with Crippen molar-refractivity contribution in [2.24, 2.45) is 0 Å². The lowest BCUT2D eigenvalue weighted by atomic mass is 10.2. The summed E-state index contributed by atoms with van der Waals surface area (Å²) in [5.74, 6) is 0. The summed E-state index contributed by atoms with van der Waals surface area (Å²) in [7, 11) is 0. The van der Waals surface area contributed by atoms with Gasteiger partial charge in [0.15, 0.2) is 0 Å². The quantitative estimate of drug-likeness (QED) is 0.496. The third kappa shape index (κ3) is 1.18. The highest BCUT2D eigenvalue weighted by Gasteiger charge is 2.25. The number of hydrogen-bond donors (Lipinski definition) is 0. The van der Waals surface area contributed by atoms with Gasteiger partial charge in [0, 0.05) is 19.2 Å². The summed E-state index contributed by atoms with van der Waals surface area (Å²) in [4.78, 5) is 2.58. The van der Waals surface area contributed by atoms with Crippen molar-refractivity contribution in [1.29, 1.82) is 0 Å². The summed E-state index contributed by atoms with van der Waals surface area (Å²) in [6.07, 6.45) is 4.08. The van der Waals surface area contributed by atoms with Crippen LogP contribution in [0.15, 0.2) is 0 Å². The molecule has 0 saturated carbocycles. The average Bonchev–Trinajstić information content (AvgIpc) is 2.28. The van der Waals surface area contributed by atoms with Crippen LogP contribution in [0.5, 0.6) is 0 Å². The molecule has 2 saturated heterocycles. The number of ether oxygens (including phenoxy) is 1. The zero-order chi connectivity index (χ0) is 6.81. The Kier molecular flexibility index (Phi) is 1.91. The van der Waals surface area contributed by atoms with E-state index >= 15 is 0 Å². The van der Waals surface area contributed by atoms with Crippen molar-refractivity contribution in [2.45, 2.75) is 25.3 Å². The van der Waals surface area contributed by atoms with Gasteiger partial charge in [0.1, 0.15) is 0 Å². The molecule has 0 aliphatic carbocycles. The van der Waals surface area contributed by atoms with Crippen LogP contribution >= 0.6 is 0 Å². The molecule has 0 bridgehead atoms. The molecule has 2 aliphatic rings. The number of nitrogens with zero attached hydrogens (tertiary/aromatic N) is 1. The van der Waals surface area contributed by atoms with Gasteiger partial charge in [-0.25, -0.2) is 0 Å². The second-order valence-corrected chi connectivity index (χ2v) is 3.23. The van der Waals surface area contributed by atoms with Crippen molar-refractivity contribution in [1.82, 2.24) is 4.90 Å². The third-order valence-corrected chi connectivity index (χ3v) is 2.62. The maximum absolute atomic E-state index is 5.39. The Morgan fingerprint density at radius 3 is 3.10 bits per heavy atom. The molecule has 2 nitrogen and oxygen atoms in total. The minimum Gasteiger partial charge on any atom is -0.380 e. The highest BCUT2D eigenvalue weighted by Crippen LogP contribution is 2.21. The molecule has 0 radical (unpaired) electrons. The molecular formula is C8H15NO. The van der Waals surface area contributed by atoms with Gasteiger partial charge in [-0.15, -0.1) is 0 Å². The van der Waals surface area contributed by atoms with E-state index in [9.17, 15) is 0 Å². The zero-order valence-corrected chi connectivity index (χ0v) is 6.38. The van der Waals surface area contributed by atoms with E-state index in [1.165, 1.54) is 32.4 Å². The highest BCUT2D eigenvalue weighted by atomic mass is 16.5. The molecule has 2 fully saturated rings. The van der Waals surface area contributed by atoms with E-state index < -0.39 is 0 Å². The van der Waals surface area contributed by atoms with E-state index in [4.69, 9.17) is 4.74 Å². The Labute approximate surface area is 62.2 Å². The fourth-order valence-corrected chi connectivity index (χ4v) is 2.02. The first-order chi connectivity index (χ1) is 4.97. The predicted octanol–water partition coefficient (Wildman–Crippen LogP) is 0.871. The number of rotatable bonds is 0. The molecule has 0 spiro atoms. The lowest BCUT2D eigenvalue weighted by Gasteiger charge is -2.19. The molecule has 0 amide bonds. The lowest BCUT2D eigenvalue weighted by Crippen LogP contribution is -2.29. The second kappa shape index (κ2) is 2.89. The van der Waals surface area contributed by atoms with Gasteiger partial charge in [0.25, 0.3) is 0 Å². The van der Waals surface area contributed by atoms with Gasteiger partial charge in [-0.3, -0.25) is 4.90 Å². The van der Waals surface area contributed by atoms with Crippen molar-refractivity contribution in [3.8, 4) is 0 Å². The van der Waals surface area contributed by atoms with Crippen LogP contribution in [-0.4, -0.2) is 37.2 Å². The fourth-order valence-electron chi connectivity index (χ4n) is 2.02. The SMILES string of the molecule is C1CC2CCOCCN2C1. The van der Waals surface area contributed by atoms with Crippen LogP contribution in [0.2, 0.25) is 0 Å². The summed E-state index contributed by atoms with van der Waals surface area (Å²) in [6, 6.07) is 0.863. The van der Waals surface area contributed by atoms with E-state index in [0.717, 1.165) is 19.3 Å². The minimum atomic E-state index is 0.863. The molecule has 2 heteroatoms. The van der Waals surface area contributed by atoms with Gasteiger partial charge in [-0.1, -0.05) is 0 Å². The van der Waals surface area contributed by atoms with Crippen molar-refractivity contribution < 1.29 is 4.74 Å². The standard InChI is InChI=1S/C8H15NO/c1-2-8-3-6-10-7-5-9(8)4-1/h8H,1-7H2.